The minimum Gasteiger partial charge on any atom is -0.342 e. The molecule has 5 nitrogen and oxygen atoms in total. The minimum absolute atomic E-state index is 0.0505. The molecule has 1 amide bonds. The van der Waals surface area contributed by atoms with E-state index in [1.165, 1.54) is 17.7 Å². The fraction of sp³-hybridized carbons (Fsp3) is 0.571. The van der Waals surface area contributed by atoms with Crippen LogP contribution in [0.3, 0.4) is 0 Å². The van der Waals surface area contributed by atoms with Crippen molar-refractivity contribution in [2.24, 2.45) is 18.9 Å². The lowest BCUT2D eigenvalue weighted by Crippen LogP contribution is -2.55. The van der Waals surface area contributed by atoms with Crippen molar-refractivity contribution in [3.63, 3.8) is 0 Å². The Morgan fingerprint density at radius 3 is 2.54 bits per heavy atom. The van der Waals surface area contributed by atoms with Crippen LogP contribution in [-0.4, -0.2) is 38.7 Å². The molecular weight excluding hydrogens is 324 g/mol. The number of piperidine rings is 1. The predicted octanol–water partition coefficient (Wildman–Crippen LogP) is 2.89. The molecule has 4 fully saturated rings. The van der Waals surface area contributed by atoms with Gasteiger partial charge in [0.2, 0.25) is 5.91 Å². The highest BCUT2D eigenvalue weighted by molar-refractivity contribution is 5.83. The standard InChI is InChI=1S/C21H26N4O/c1-24-18(5-11-23-24)21-8-2-17(14-21)19(21)20(26)25-12-6-16(7-13-25)15-3-9-22-10-4-15/h3-5,9-11,16-17,19H,2,6-8,12-14H2,1H3. The summed E-state index contributed by atoms with van der Waals surface area (Å²) >= 11 is 0. The number of likely N-dealkylation sites (tertiary alicyclic amines) is 1. The van der Waals surface area contributed by atoms with Crippen molar-refractivity contribution in [3.8, 4) is 0 Å². The van der Waals surface area contributed by atoms with Gasteiger partial charge < -0.3 is 4.90 Å². The van der Waals surface area contributed by atoms with Crippen LogP contribution < -0.4 is 0 Å². The number of pyridine rings is 1. The summed E-state index contributed by atoms with van der Waals surface area (Å²) in [6.07, 6.45) is 11.2. The number of carbonyl (C=O) groups is 1. The smallest absolute Gasteiger partial charge is 0.226 e. The molecule has 3 aliphatic carbocycles. The lowest BCUT2D eigenvalue weighted by Gasteiger charge is -2.49. The summed E-state index contributed by atoms with van der Waals surface area (Å²) in [5.74, 6) is 1.71. The van der Waals surface area contributed by atoms with Crippen LogP contribution in [0.25, 0.3) is 0 Å². The van der Waals surface area contributed by atoms with Gasteiger partial charge in [0.25, 0.3) is 0 Å². The van der Waals surface area contributed by atoms with Gasteiger partial charge in [-0.15, -0.1) is 0 Å². The summed E-state index contributed by atoms with van der Waals surface area (Å²) < 4.78 is 1.98. The molecule has 136 valence electrons. The molecular formula is C21H26N4O. The van der Waals surface area contributed by atoms with Crippen LogP contribution in [0.1, 0.15) is 49.3 Å². The van der Waals surface area contributed by atoms with Crippen molar-refractivity contribution >= 4 is 5.91 Å². The van der Waals surface area contributed by atoms with Crippen LogP contribution in [0.4, 0.5) is 0 Å². The van der Waals surface area contributed by atoms with E-state index in [1.807, 2.05) is 30.3 Å². The SMILES string of the molecule is Cn1nccc1C12CCC(C1)C2C(=O)N1CCC(c2ccncc2)CC1. The highest BCUT2D eigenvalue weighted by Crippen LogP contribution is 2.64. The van der Waals surface area contributed by atoms with E-state index in [4.69, 9.17) is 0 Å². The number of hydrogen-bond donors (Lipinski definition) is 0. The zero-order valence-electron chi connectivity index (χ0n) is 15.3. The Morgan fingerprint density at radius 2 is 1.88 bits per heavy atom. The van der Waals surface area contributed by atoms with E-state index in [0.29, 0.717) is 17.7 Å². The maximum Gasteiger partial charge on any atom is 0.226 e. The summed E-state index contributed by atoms with van der Waals surface area (Å²) in [4.78, 5) is 19.6. The summed E-state index contributed by atoms with van der Waals surface area (Å²) in [7, 11) is 2.01. The van der Waals surface area contributed by atoms with Gasteiger partial charge >= 0.3 is 0 Å². The Hall–Kier alpha value is -2.17. The van der Waals surface area contributed by atoms with Gasteiger partial charge in [0, 0.05) is 49.8 Å². The Labute approximate surface area is 154 Å². The molecule has 2 aromatic heterocycles. The van der Waals surface area contributed by atoms with Crippen molar-refractivity contribution < 1.29 is 4.79 Å². The van der Waals surface area contributed by atoms with Crippen LogP contribution in [0, 0.1) is 11.8 Å². The number of aromatic nitrogens is 3. The van der Waals surface area contributed by atoms with Crippen molar-refractivity contribution in [2.75, 3.05) is 13.1 Å². The second kappa shape index (κ2) is 5.93. The molecule has 0 N–H and O–H groups in total. The van der Waals surface area contributed by atoms with Crippen LogP contribution in [0.5, 0.6) is 0 Å². The third-order valence-corrected chi connectivity index (χ3v) is 7.24. The molecule has 6 rings (SSSR count). The third kappa shape index (κ3) is 2.25. The molecule has 3 heterocycles. The number of amides is 1. The minimum atomic E-state index is 0.0505. The fourth-order valence-electron chi connectivity index (χ4n) is 5.93. The molecule has 0 spiro atoms. The van der Waals surface area contributed by atoms with E-state index in [0.717, 1.165) is 38.8 Å². The molecule has 3 unspecified atom stereocenters. The van der Waals surface area contributed by atoms with Gasteiger partial charge in [-0.2, -0.15) is 5.10 Å². The number of aryl methyl sites for hydroxylation is 1. The predicted molar refractivity (Wildman–Crippen MR) is 98.5 cm³/mol. The summed E-state index contributed by atoms with van der Waals surface area (Å²) in [5, 5.41) is 4.37. The maximum atomic E-state index is 13.4. The number of fused-ring (bicyclic) bond motifs is 1. The lowest BCUT2D eigenvalue weighted by molar-refractivity contribution is -0.145. The average Bonchev–Trinajstić information content (AvgIpc) is 3.37. The average molecular weight is 350 g/mol. The Bertz CT molecular complexity index is 804. The van der Waals surface area contributed by atoms with Crippen molar-refractivity contribution in [1.82, 2.24) is 19.7 Å². The molecule has 0 radical (unpaired) electrons. The fourth-order valence-corrected chi connectivity index (χ4v) is 5.93. The van der Waals surface area contributed by atoms with Gasteiger partial charge in [-0.25, -0.2) is 0 Å². The number of hydrogen-bond acceptors (Lipinski definition) is 3. The van der Waals surface area contributed by atoms with Gasteiger partial charge in [0.15, 0.2) is 0 Å². The van der Waals surface area contributed by atoms with Crippen molar-refractivity contribution in [2.45, 2.75) is 43.4 Å². The van der Waals surface area contributed by atoms with E-state index in [9.17, 15) is 4.79 Å². The van der Waals surface area contributed by atoms with Crippen molar-refractivity contribution in [1.29, 1.82) is 0 Å². The molecule has 0 aromatic carbocycles. The van der Waals surface area contributed by atoms with Gasteiger partial charge in [-0.3, -0.25) is 14.5 Å². The molecule has 3 atom stereocenters. The molecule has 4 aliphatic rings. The molecule has 1 aliphatic heterocycles. The van der Waals surface area contributed by atoms with E-state index >= 15 is 0 Å². The summed E-state index contributed by atoms with van der Waals surface area (Å²) in [6.45, 7) is 1.77. The molecule has 26 heavy (non-hydrogen) atoms. The number of nitrogens with zero attached hydrogens (tertiary/aromatic N) is 4. The van der Waals surface area contributed by atoms with Crippen molar-refractivity contribution in [3.05, 3.63) is 48.0 Å². The second-order valence-electron chi connectivity index (χ2n) is 8.36. The van der Waals surface area contributed by atoms with Crippen LogP contribution in [-0.2, 0) is 17.3 Å². The van der Waals surface area contributed by atoms with Gasteiger partial charge in [0.05, 0.1) is 5.92 Å². The van der Waals surface area contributed by atoms with Crippen LogP contribution >= 0.6 is 0 Å². The number of carbonyl (C=O) groups excluding carboxylic acids is 1. The first kappa shape index (κ1) is 16.0. The first-order valence-electron chi connectivity index (χ1n) is 9.86. The van der Waals surface area contributed by atoms with E-state index in [2.05, 4.69) is 33.2 Å². The Kier molecular flexibility index (Phi) is 3.66. The quantitative estimate of drug-likeness (QED) is 0.855. The van der Waals surface area contributed by atoms with E-state index in [1.54, 1.807) is 0 Å². The highest BCUT2D eigenvalue weighted by atomic mass is 16.2. The first-order valence-corrected chi connectivity index (χ1v) is 9.86. The van der Waals surface area contributed by atoms with E-state index < -0.39 is 0 Å². The lowest BCUT2D eigenvalue weighted by atomic mass is 9.58. The zero-order valence-corrected chi connectivity index (χ0v) is 15.3. The maximum absolute atomic E-state index is 13.4. The molecule has 2 bridgehead atoms. The molecule has 5 heteroatoms. The topological polar surface area (TPSA) is 51.0 Å². The Balaban J connectivity index is 1.30. The monoisotopic (exact) mass is 350 g/mol. The number of rotatable bonds is 3. The molecule has 3 saturated carbocycles. The largest absolute Gasteiger partial charge is 0.342 e. The third-order valence-electron chi connectivity index (χ3n) is 7.24. The van der Waals surface area contributed by atoms with Gasteiger partial charge in [-0.1, -0.05) is 0 Å². The van der Waals surface area contributed by atoms with Gasteiger partial charge in [-0.05, 0) is 67.7 Å². The second-order valence-corrected chi connectivity index (χ2v) is 8.36. The Morgan fingerprint density at radius 1 is 1.12 bits per heavy atom. The summed E-state index contributed by atoms with van der Waals surface area (Å²) in [6, 6.07) is 6.36. The normalized spacial score (nSPS) is 31.0. The molecule has 1 saturated heterocycles. The highest BCUT2D eigenvalue weighted by Gasteiger charge is 2.64. The summed E-state index contributed by atoms with van der Waals surface area (Å²) in [5.41, 5.74) is 2.67. The van der Waals surface area contributed by atoms with Crippen LogP contribution in [0.2, 0.25) is 0 Å². The van der Waals surface area contributed by atoms with E-state index in [-0.39, 0.29) is 11.3 Å². The molecule has 2 aromatic rings. The van der Waals surface area contributed by atoms with Gasteiger partial charge in [0.1, 0.15) is 0 Å². The first-order chi connectivity index (χ1) is 12.7. The van der Waals surface area contributed by atoms with Crippen LogP contribution in [0.15, 0.2) is 36.8 Å². The zero-order chi connectivity index (χ0) is 17.7.